The number of amides is 1. The number of thiophene rings is 1. The number of nitrogens with two attached hydrogens (primary N) is 1. The molecule has 0 aliphatic heterocycles. The van der Waals surface area contributed by atoms with E-state index in [1.54, 1.807) is 22.1 Å². The minimum absolute atomic E-state index is 0.0916. The summed E-state index contributed by atoms with van der Waals surface area (Å²) in [5.41, 5.74) is 6.01. The molecule has 0 spiro atoms. The van der Waals surface area contributed by atoms with E-state index in [4.69, 9.17) is 5.73 Å². The van der Waals surface area contributed by atoms with Gasteiger partial charge in [0, 0.05) is 0 Å². The zero-order chi connectivity index (χ0) is 14.8. The number of phenols is 1. The van der Waals surface area contributed by atoms with Crippen molar-refractivity contribution in [2.75, 3.05) is 0 Å². The zero-order valence-corrected chi connectivity index (χ0v) is 11.6. The average Bonchev–Trinajstić information content (AvgIpc) is 3.08. The molecule has 0 aliphatic carbocycles. The van der Waals surface area contributed by atoms with Crippen LogP contribution in [0.15, 0.2) is 35.7 Å². The van der Waals surface area contributed by atoms with Gasteiger partial charge in [-0.15, -0.1) is 16.4 Å². The van der Waals surface area contributed by atoms with Gasteiger partial charge in [-0.2, -0.15) is 0 Å². The fourth-order valence-electron chi connectivity index (χ4n) is 1.95. The number of carbonyl (C=O) groups is 1. The molecule has 2 heterocycles. The summed E-state index contributed by atoms with van der Waals surface area (Å²) < 4.78 is 1.63. The molecule has 21 heavy (non-hydrogen) atoms. The molecule has 0 aliphatic rings. The Morgan fingerprint density at radius 1 is 1.38 bits per heavy atom. The Kier molecular flexibility index (Phi) is 3.36. The van der Waals surface area contributed by atoms with Crippen molar-refractivity contribution in [1.29, 1.82) is 0 Å². The SMILES string of the molecule is NC(=O)c1ccc(Cn2nnnc2-c2cccs2)cc1O. The van der Waals surface area contributed by atoms with E-state index in [2.05, 4.69) is 15.5 Å². The van der Waals surface area contributed by atoms with Crippen molar-refractivity contribution in [1.82, 2.24) is 20.2 Å². The number of benzene rings is 1. The molecule has 0 bridgehead atoms. The average molecular weight is 301 g/mol. The number of carbonyl (C=O) groups excluding carboxylic acids is 1. The Bertz CT molecular complexity index is 782. The van der Waals surface area contributed by atoms with Gasteiger partial charge >= 0.3 is 0 Å². The van der Waals surface area contributed by atoms with Gasteiger partial charge in [0.05, 0.1) is 17.0 Å². The number of aromatic hydroxyl groups is 1. The van der Waals surface area contributed by atoms with Gasteiger partial charge in [-0.1, -0.05) is 12.1 Å². The molecule has 0 saturated carbocycles. The van der Waals surface area contributed by atoms with E-state index < -0.39 is 5.91 Å². The minimum atomic E-state index is -0.666. The molecule has 0 atom stereocenters. The van der Waals surface area contributed by atoms with Crippen LogP contribution in [0.3, 0.4) is 0 Å². The third-order valence-corrected chi connectivity index (χ3v) is 3.80. The van der Waals surface area contributed by atoms with Crippen molar-refractivity contribution in [3.63, 3.8) is 0 Å². The van der Waals surface area contributed by atoms with Crippen LogP contribution in [0, 0.1) is 0 Å². The number of rotatable bonds is 4. The molecule has 3 aromatic rings. The van der Waals surface area contributed by atoms with Gasteiger partial charge in [0.15, 0.2) is 5.82 Å². The summed E-state index contributed by atoms with van der Waals surface area (Å²) in [6.45, 7) is 0.382. The topological polar surface area (TPSA) is 107 Å². The fourth-order valence-corrected chi connectivity index (χ4v) is 2.66. The lowest BCUT2D eigenvalue weighted by atomic mass is 10.1. The predicted octanol–water partition coefficient (Wildman–Crippen LogP) is 1.25. The predicted molar refractivity (Wildman–Crippen MR) is 76.9 cm³/mol. The summed E-state index contributed by atoms with van der Waals surface area (Å²) in [5.74, 6) is -0.157. The third-order valence-electron chi connectivity index (χ3n) is 2.93. The van der Waals surface area contributed by atoms with E-state index in [-0.39, 0.29) is 11.3 Å². The van der Waals surface area contributed by atoms with Crippen LogP contribution in [0.4, 0.5) is 0 Å². The molecule has 1 amide bonds. The van der Waals surface area contributed by atoms with Gasteiger partial charge < -0.3 is 10.8 Å². The Hall–Kier alpha value is -2.74. The van der Waals surface area contributed by atoms with E-state index in [0.717, 1.165) is 10.4 Å². The van der Waals surface area contributed by atoms with Crippen molar-refractivity contribution < 1.29 is 9.90 Å². The summed E-state index contributed by atoms with van der Waals surface area (Å²) in [5, 5.41) is 23.3. The molecule has 0 radical (unpaired) electrons. The summed E-state index contributed by atoms with van der Waals surface area (Å²) in [6, 6.07) is 8.54. The van der Waals surface area contributed by atoms with Crippen LogP contribution in [0.5, 0.6) is 5.75 Å². The fraction of sp³-hybridized carbons (Fsp3) is 0.0769. The number of aromatic nitrogens is 4. The van der Waals surface area contributed by atoms with E-state index in [1.165, 1.54) is 12.1 Å². The lowest BCUT2D eigenvalue weighted by Crippen LogP contribution is -2.11. The Morgan fingerprint density at radius 2 is 2.24 bits per heavy atom. The van der Waals surface area contributed by atoms with Crippen LogP contribution in [-0.2, 0) is 6.54 Å². The highest BCUT2D eigenvalue weighted by Gasteiger charge is 2.12. The summed E-state index contributed by atoms with van der Waals surface area (Å²) >= 11 is 1.54. The maximum Gasteiger partial charge on any atom is 0.252 e. The van der Waals surface area contributed by atoms with Gasteiger partial charge in [-0.25, -0.2) is 4.68 Å². The first-order chi connectivity index (χ1) is 10.1. The molecular formula is C13H11N5O2S. The molecule has 8 heteroatoms. The van der Waals surface area contributed by atoms with Crippen molar-refractivity contribution in [3.05, 3.63) is 46.8 Å². The highest BCUT2D eigenvalue weighted by atomic mass is 32.1. The van der Waals surface area contributed by atoms with Gasteiger partial charge in [-0.3, -0.25) is 4.79 Å². The van der Waals surface area contributed by atoms with Gasteiger partial charge in [-0.05, 0) is 39.6 Å². The Balaban J connectivity index is 1.90. The number of nitrogens with zero attached hydrogens (tertiary/aromatic N) is 4. The minimum Gasteiger partial charge on any atom is -0.507 e. The molecular weight excluding hydrogens is 290 g/mol. The molecule has 7 nitrogen and oxygen atoms in total. The zero-order valence-electron chi connectivity index (χ0n) is 10.8. The van der Waals surface area contributed by atoms with Gasteiger partial charge in [0.2, 0.25) is 0 Å². The smallest absolute Gasteiger partial charge is 0.252 e. The maximum absolute atomic E-state index is 11.1. The van der Waals surface area contributed by atoms with E-state index in [9.17, 15) is 9.90 Å². The van der Waals surface area contributed by atoms with Crippen LogP contribution in [0.25, 0.3) is 10.7 Å². The van der Waals surface area contributed by atoms with Crippen LogP contribution < -0.4 is 5.73 Å². The van der Waals surface area contributed by atoms with E-state index in [0.29, 0.717) is 12.4 Å². The first kappa shape index (κ1) is 13.3. The molecule has 0 unspecified atom stereocenters. The van der Waals surface area contributed by atoms with Gasteiger partial charge in [0.1, 0.15) is 5.75 Å². The van der Waals surface area contributed by atoms with Gasteiger partial charge in [0.25, 0.3) is 5.91 Å². The highest BCUT2D eigenvalue weighted by molar-refractivity contribution is 7.13. The molecule has 3 rings (SSSR count). The number of primary amides is 1. The molecule has 2 aromatic heterocycles. The molecule has 1 aromatic carbocycles. The molecule has 106 valence electrons. The first-order valence-corrected chi connectivity index (χ1v) is 6.95. The summed E-state index contributed by atoms with van der Waals surface area (Å²) in [4.78, 5) is 12.0. The first-order valence-electron chi connectivity index (χ1n) is 6.07. The lowest BCUT2D eigenvalue weighted by Gasteiger charge is -2.06. The second-order valence-corrected chi connectivity index (χ2v) is 5.30. The summed E-state index contributed by atoms with van der Waals surface area (Å²) in [6.07, 6.45) is 0. The highest BCUT2D eigenvalue weighted by Crippen LogP contribution is 2.23. The Morgan fingerprint density at radius 3 is 2.90 bits per heavy atom. The number of hydrogen-bond acceptors (Lipinski definition) is 6. The number of tetrazole rings is 1. The standard InChI is InChI=1S/C13H11N5O2S/c14-12(20)9-4-3-8(6-10(9)19)7-18-13(15-16-17-18)11-2-1-5-21-11/h1-6,19H,7H2,(H2,14,20). The monoisotopic (exact) mass is 301 g/mol. The third kappa shape index (κ3) is 2.61. The Labute approximate surface area is 123 Å². The second-order valence-electron chi connectivity index (χ2n) is 4.35. The van der Waals surface area contributed by atoms with Crippen molar-refractivity contribution in [2.45, 2.75) is 6.54 Å². The normalized spacial score (nSPS) is 10.7. The van der Waals surface area contributed by atoms with Crippen molar-refractivity contribution in [3.8, 4) is 16.5 Å². The van der Waals surface area contributed by atoms with Crippen LogP contribution in [-0.4, -0.2) is 31.2 Å². The number of hydrogen-bond donors (Lipinski definition) is 2. The van der Waals surface area contributed by atoms with Crippen LogP contribution in [0.1, 0.15) is 15.9 Å². The maximum atomic E-state index is 11.1. The van der Waals surface area contributed by atoms with Crippen molar-refractivity contribution in [2.24, 2.45) is 5.73 Å². The van der Waals surface area contributed by atoms with E-state index in [1.807, 2.05) is 17.5 Å². The largest absolute Gasteiger partial charge is 0.507 e. The molecule has 3 N–H and O–H groups in total. The van der Waals surface area contributed by atoms with E-state index >= 15 is 0 Å². The van der Waals surface area contributed by atoms with Crippen LogP contribution in [0.2, 0.25) is 0 Å². The molecule has 0 fully saturated rings. The molecule has 0 saturated heterocycles. The van der Waals surface area contributed by atoms with Crippen molar-refractivity contribution >= 4 is 17.2 Å². The lowest BCUT2D eigenvalue weighted by molar-refractivity contribution is 0.0998. The summed E-state index contributed by atoms with van der Waals surface area (Å²) in [7, 11) is 0. The second kappa shape index (κ2) is 5.33. The quantitative estimate of drug-likeness (QED) is 0.754. The van der Waals surface area contributed by atoms with Crippen LogP contribution >= 0.6 is 11.3 Å².